The molecule has 10 heteroatoms. The van der Waals surface area contributed by atoms with Gasteiger partial charge in [-0.25, -0.2) is 4.39 Å². The number of thiophene rings is 1. The summed E-state index contributed by atoms with van der Waals surface area (Å²) in [5.74, 6) is 0.737. The zero-order chi connectivity index (χ0) is 23.9. The molecule has 2 heterocycles. The van der Waals surface area contributed by atoms with Gasteiger partial charge in [0, 0.05) is 12.2 Å². The van der Waals surface area contributed by atoms with Gasteiger partial charge in [-0.3, -0.25) is 9.36 Å². The van der Waals surface area contributed by atoms with Crippen molar-refractivity contribution >= 4 is 34.7 Å². The minimum Gasteiger partial charge on any atom is -0.495 e. The maximum Gasteiger partial charge on any atom is 0.237 e. The highest BCUT2D eigenvalue weighted by atomic mass is 32.2. The van der Waals surface area contributed by atoms with Crippen LogP contribution in [-0.2, 0) is 4.79 Å². The van der Waals surface area contributed by atoms with Crippen LogP contribution in [0.1, 0.15) is 6.42 Å². The van der Waals surface area contributed by atoms with Gasteiger partial charge < -0.3 is 9.64 Å². The van der Waals surface area contributed by atoms with Crippen molar-refractivity contribution in [1.29, 1.82) is 5.26 Å². The van der Waals surface area contributed by atoms with Gasteiger partial charge >= 0.3 is 0 Å². The number of rotatable bonds is 9. The minimum atomic E-state index is -0.392. The maximum atomic E-state index is 13.4. The van der Waals surface area contributed by atoms with Gasteiger partial charge in [0.15, 0.2) is 11.0 Å². The fourth-order valence-corrected chi connectivity index (χ4v) is 4.86. The van der Waals surface area contributed by atoms with Gasteiger partial charge in [-0.1, -0.05) is 30.0 Å². The lowest BCUT2D eigenvalue weighted by atomic mass is 10.2. The van der Waals surface area contributed by atoms with E-state index in [1.165, 1.54) is 52.3 Å². The monoisotopic (exact) mass is 493 g/mol. The highest BCUT2D eigenvalue weighted by Gasteiger charge is 2.22. The Kier molecular flexibility index (Phi) is 7.57. The molecule has 0 atom stereocenters. The Balaban J connectivity index is 1.64. The third kappa shape index (κ3) is 5.11. The Bertz CT molecular complexity index is 1300. The molecule has 0 fully saturated rings. The molecule has 0 radical (unpaired) electrons. The van der Waals surface area contributed by atoms with Crippen LogP contribution >= 0.6 is 23.1 Å². The molecular formula is C24H20FN5O2S2. The van der Waals surface area contributed by atoms with Gasteiger partial charge in [0.25, 0.3) is 0 Å². The normalized spacial score (nSPS) is 10.6. The fourth-order valence-electron chi connectivity index (χ4n) is 3.35. The van der Waals surface area contributed by atoms with Crippen LogP contribution < -0.4 is 9.64 Å². The lowest BCUT2D eigenvalue weighted by Gasteiger charge is -2.21. The van der Waals surface area contributed by atoms with E-state index in [0.717, 1.165) is 10.6 Å². The molecule has 0 aliphatic heterocycles. The molecule has 172 valence electrons. The first-order chi connectivity index (χ1) is 16.6. The molecule has 0 saturated carbocycles. The second-order valence-electron chi connectivity index (χ2n) is 7.01. The van der Waals surface area contributed by atoms with Crippen LogP contribution in [0.15, 0.2) is 71.2 Å². The van der Waals surface area contributed by atoms with Gasteiger partial charge in [-0.2, -0.15) is 5.26 Å². The Labute approximate surface area is 204 Å². The van der Waals surface area contributed by atoms with Crippen LogP contribution in [0.5, 0.6) is 5.75 Å². The van der Waals surface area contributed by atoms with Gasteiger partial charge in [0.1, 0.15) is 11.6 Å². The third-order valence-corrected chi connectivity index (χ3v) is 6.69. The summed E-state index contributed by atoms with van der Waals surface area (Å²) in [4.78, 5) is 15.6. The summed E-state index contributed by atoms with van der Waals surface area (Å²) >= 11 is 2.78. The topological polar surface area (TPSA) is 84.0 Å². The van der Waals surface area contributed by atoms with Crippen LogP contribution in [0.3, 0.4) is 0 Å². The molecule has 0 N–H and O–H groups in total. The summed E-state index contributed by atoms with van der Waals surface area (Å²) in [5.41, 5.74) is 1.29. The van der Waals surface area contributed by atoms with Gasteiger partial charge in [0.05, 0.1) is 35.9 Å². The van der Waals surface area contributed by atoms with Gasteiger partial charge in [-0.15, -0.1) is 21.5 Å². The lowest BCUT2D eigenvalue weighted by Crippen LogP contribution is -2.33. The molecule has 2 aromatic carbocycles. The predicted octanol–water partition coefficient (Wildman–Crippen LogP) is 5.18. The average Bonchev–Trinajstić information content (AvgIpc) is 3.54. The molecule has 4 rings (SSSR count). The van der Waals surface area contributed by atoms with E-state index in [2.05, 4.69) is 16.3 Å². The molecule has 2 aromatic heterocycles. The molecule has 4 aromatic rings. The zero-order valence-electron chi connectivity index (χ0n) is 18.2. The highest BCUT2D eigenvalue weighted by molar-refractivity contribution is 7.99. The quantitative estimate of drug-likeness (QED) is 0.299. The maximum absolute atomic E-state index is 13.4. The lowest BCUT2D eigenvalue weighted by molar-refractivity contribution is -0.116. The number of thioether (sulfide) groups is 1. The van der Waals surface area contributed by atoms with Gasteiger partial charge in [0.2, 0.25) is 5.91 Å². The van der Waals surface area contributed by atoms with E-state index in [1.807, 2.05) is 46.3 Å². The van der Waals surface area contributed by atoms with Crippen molar-refractivity contribution in [3.63, 3.8) is 0 Å². The van der Waals surface area contributed by atoms with E-state index in [0.29, 0.717) is 22.4 Å². The standard InChI is InChI=1S/C24H20FN5O2S2/c1-32-20-7-3-2-6-19(20)30-23(21-8-4-15-33-21)27-28-24(30)34-16-22(31)29(14-5-13-26)18-11-9-17(25)10-12-18/h2-4,6-12,15H,5,14,16H2,1H3. The van der Waals surface area contributed by atoms with Crippen LogP contribution in [0.2, 0.25) is 0 Å². The number of nitriles is 1. The number of hydrogen-bond acceptors (Lipinski definition) is 7. The first-order valence-electron chi connectivity index (χ1n) is 10.3. The Morgan fingerprint density at radius 3 is 2.68 bits per heavy atom. The third-order valence-electron chi connectivity index (χ3n) is 4.91. The number of carbonyl (C=O) groups is 1. The number of hydrogen-bond donors (Lipinski definition) is 0. The number of nitrogens with zero attached hydrogens (tertiary/aromatic N) is 5. The van der Waals surface area contributed by atoms with E-state index in [1.54, 1.807) is 7.11 Å². The SMILES string of the molecule is COc1ccccc1-n1c(SCC(=O)N(CCC#N)c2ccc(F)cc2)nnc1-c1cccs1. The van der Waals surface area contributed by atoms with Crippen molar-refractivity contribution in [2.45, 2.75) is 11.6 Å². The first-order valence-corrected chi connectivity index (χ1v) is 12.2. The molecule has 7 nitrogen and oxygen atoms in total. The van der Waals surface area contributed by atoms with Crippen LogP contribution in [0, 0.1) is 17.1 Å². The Morgan fingerprint density at radius 1 is 1.18 bits per heavy atom. The van der Waals surface area contributed by atoms with Crippen LogP contribution in [0.25, 0.3) is 16.4 Å². The zero-order valence-corrected chi connectivity index (χ0v) is 19.9. The van der Waals surface area contributed by atoms with Gasteiger partial charge in [-0.05, 0) is 47.8 Å². The van der Waals surface area contributed by atoms with E-state index < -0.39 is 5.82 Å². The number of methoxy groups -OCH3 is 1. The van der Waals surface area contributed by atoms with E-state index >= 15 is 0 Å². The van der Waals surface area contributed by atoms with E-state index in [9.17, 15) is 9.18 Å². The first kappa shape index (κ1) is 23.5. The number of ether oxygens (including phenoxy) is 1. The molecule has 1 amide bonds. The summed E-state index contributed by atoms with van der Waals surface area (Å²) < 4.78 is 20.8. The van der Waals surface area contributed by atoms with Crippen LogP contribution in [-0.4, -0.2) is 40.1 Å². The molecular weight excluding hydrogens is 473 g/mol. The highest BCUT2D eigenvalue weighted by Crippen LogP contribution is 2.34. The Hall–Kier alpha value is -3.68. The number of benzene rings is 2. The molecule has 0 unspecified atom stereocenters. The molecule has 0 aliphatic rings. The number of carbonyl (C=O) groups excluding carboxylic acids is 1. The average molecular weight is 494 g/mol. The van der Waals surface area contributed by atoms with Crippen molar-refractivity contribution in [2.75, 3.05) is 24.3 Å². The molecule has 0 aliphatic carbocycles. The van der Waals surface area contributed by atoms with Crippen molar-refractivity contribution in [3.8, 4) is 28.2 Å². The predicted molar refractivity (Wildman–Crippen MR) is 131 cm³/mol. The summed E-state index contributed by atoms with van der Waals surface area (Å²) in [7, 11) is 1.60. The number of para-hydroxylation sites is 2. The number of amides is 1. The van der Waals surface area contributed by atoms with Crippen molar-refractivity contribution in [1.82, 2.24) is 14.8 Å². The smallest absolute Gasteiger partial charge is 0.237 e. The van der Waals surface area contributed by atoms with Crippen molar-refractivity contribution in [2.24, 2.45) is 0 Å². The molecule has 0 spiro atoms. The summed E-state index contributed by atoms with van der Waals surface area (Å²) in [6.07, 6.45) is 0.160. The summed E-state index contributed by atoms with van der Waals surface area (Å²) in [6, 6.07) is 19.1. The van der Waals surface area contributed by atoms with E-state index in [-0.39, 0.29) is 24.6 Å². The number of halogens is 1. The van der Waals surface area contributed by atoms with Crippen molar-refractivity contribution in [3.05, 3.63) is 71.9 Å². The number of aromatic nitrogens is 3. The molecule has 0 saturated heterocycles. The van der Waals surface area contributed by atoms with Crippen molar-refractivity contribution < 1.29 is 13.9 Å². The van der Waals surface area contributed by atoms with Crippen LogP contribution in [0.4, 0.5) is 10.1 Å². The second kappa shape index (κ2) is 11.0. The summed E-state index contributed by atoms with van der Waals surface area (Å²) in [6.45, 7) is 0.209. The molecule has 0 bridgehead atoms. The fraction of sp³-hybridized carbons (Fsp3) is 0.167. The molecule has 34 heavy (non-hydrogen) atoms. The minimum absolute atomic E-state index is 0.0561. The largest absolute Gasteiger partial charge is 0.495 e. The Morgan fingerprint density at radius 2 is 1.97 bits per heavy atom. The summed E-state index contributed by atoms with van der Waals surface area (Å²) in [5, 5.41) is 20.2. The number of anilines is 1. The van der Waals surface area contributed by atoms with E-state index in [4.69, 9.17) is 10.00 Å². The second-order valence-corrected chi connectivity index (χ2v) is 8.90.